The van der Waals surface area contributed by atoms with Crippen LogP contribution in [0.5, 0.6) is 11.5 Å². The second-order valence-corrected chi connectivity index (χ2v) is 8.23. The molecule has 0 heterocycles. The van der Waals surface area contributed by atoms with Gasteiger partial charge in [-0.3, -0.25) is 9.98 Å². The number of rotatable bonds is 9. The molecule has 0 N–H and O–H groups in total. The van der Waals surface area contributed by atoms with Gasteiger partial charge in [0.05, 0.1) is 11.4 Å². The lowest BCUT2D eigenvalue weighted by molar-refractivity contribution is 0.217. The molecule has 0 bridgehead atoms. The molecule has 4 nitrogen and oxygen atoms in total. The van der Waals surface area contributed by atoms with E-state index in [1.54, 1.807) is 12.4 Å². The van der Waals surface area contributed by atoms with E-state index in [2.05, 4.69) is 35.2 Å². The summed E-state index contributed by atoms with van der Waals surface area (Å²) in [6.07, 6.45) is 3.58. The zero-order valence-corrected chi connectivity index (χ0v) is 20.2. The Morgan fingerprint density at radius 1 is 0.529 bits per heavy atom. The molecule has 0 atom stereocenters. The molecule has 0 radical (unpaired) electrons. The zero-order valence-electron chi connectivity index (χ0n) is 18.4. The van der Waals surface area contributed by atoms with Gasteiger partial charge in [0.25, 0.3) is 0 Å². The van der Waals surface area contributed by atoms with Crippen LogP contribution in [0, 0.1) is 0 Å². The van der Waals surface area contributed by atoms with Crippen molar-refractivity contribution in [2.75, 3.05) is 13.2 Å². The summed E-state index contributed by atoms with van der Waals surface area (Å²) >= 11 is 8.90. The van der Waals surface area contributed by atoms with Crippen molar-refractivity contribution in [2.45, 2.75) is 9.79 Å². The van der Waals surface area contributed by atoms with Crippen LogP contribution in [0.4, 0.5) is 11.4 Å². The van der Waals surface area contributed by atoms with Gasteiger partial charge in [0.15, 0.2) is 0 Å². The predicted molar refractivity (Wildman–Crippen MR) is 146 cm³/mol. The van der Waals surface area contributed by atoms with Crippen molar-refractivity contribution in [2.24, 2.45) is 9.98 Å². The maximum atomic E-state index is 5.98. The van der Waals surface area contributed by atoms with Crippen LogP contribution < -0.4 is 9.47 Å². The fraction of sp³-hybridized carbons (Fsp3) is 0.0714. The van der Waals surface area contributed by atoms with E-state index in [-0.39, 0.29) is 0 Å². The third-order valence-corrected chi connectivity index (χ3v) is 5.64. The number of hydrogen-bond donors (Lipinski definition) is 2. The van der Waals surface area contributed by atoms with Crippen LogP contribution >= 0.6 is 25.3 Å². The van der Waals surface area contributed by atoms with Gasteiger partial charge in [0.1, 0.15) is 24.7 Å². The first kappa shape index (κ1) is 23.7. The highest BCUT2D eigenvalue weighted by Crippen LogP contribution is 2.25. The van der Waals surface area contributed by atoms with E-state index >= 15 is 0 Å². The van der Waals surface area contributed by atoms with Crippen LogP contribution in [-0.4, -0.2) is 25.6 Å². The topological polar surface area (TPSA) is 43.2 Å². The highest BCUT2D eigenvalue weighted by molar-refractivity contribution is 7.80. The number of aliphatic imine (C=N–C) groups is 2. The minimum atomic E-state index is 0.388. The summed E-state index contributed by atoms with van der Waals surface area (Å²) in [5.41, 5.74) is 3.39. The van der Waals surface area contributed by atoms with E-state index in [1.807, 2.05) is 97.1 Å². The predicted octanol–water partition coefficient (Wildman–Crippen LogP) is 7.22. The average Bonchev–Trinajstić information content (AvgIpc) is 2.87. The van der Waals surface area contributed by atoms with Crippen molar-refractivity contribution in [3.8, 4) is 11.5 Å². The van der Waals surface area contributed by atoms with Crippen LogP contribution in [-0.2, 0) is 0 Å². The van der Waals surface area contributed by atoms with Crippen molar-refractivity contribution < 1.29 is 9.47 Å². The van der Waals surface area contributed by atoms with Gasteiger partial charge in [-0.2, -0.15) is 0 Å². The van der Waals surface area contributed by atoms with Crippen LogP contribution in [0.2, 0.25) is 0 Å². The smallest absolute Gasteiger partial charge is 0.128 e. The van der Waals surface area contributed by atoms with Crippen molar-refractivity contribution in [3.63, 3.8) is 0 Å². The molecule has 4 rings (SSSR count). The standard InChI is InChI=1S/C28H24N2O2S2/c33-27-15-7-3-11-23(27)29-19-21-9-1-5-13-25(21)31-17-18-32-26-14-6-2-10-22(26)20-30-24-12-4-8-16-28(24)34/h1-16,19-20,33-34H,17-18H2. The normalized spacial score (nSPS) is 11.2. The molecule has 0 unspecified atom stereocenters. The van der Waals surface area contributed by atoms with E-state index in [0.29, 0.717) is 13.2 Å². The molecule has 0 aliphatic heterocycles. The Hall–Kier alpha value is -3.48. The Morgan fingerprint density at radius 2 is 0.912 bits per heavy atom. The van der Waals surface area contributed by atoms with E-state index in [4.69, 9.17) is 9.47 Å². The van der Waals surface area contributed by atoms with Gasteiger partial charge in [-0.15, -0.1) is 25.3 Å². The third-order valence-electron chi connectivity index (χ3n) is 4.89. The molecule has 4 aromatic rings. The van der Waals surface area contributed by atoms with Crippen LogP contribution in [0.25, 0.3) is 0 Å². The fourth-order valence-corrected chi connectivity index (χ4v) is 3.60. The minimum absolute atomic E-state index is 0.388. The average molecular weight is 485 g/mol. The fourth-order valence-electron chi connectivity index (χ4n) is 3.17. The molecule has 0 saturated carbocycles. The van der Waals surface area contributed by atoms with Crippen LogP contribution in [0.1, 0.15) is 11.1 Å². The number of hydrogen-bond acceptors (Lipinski definition) is 6. The summed E-state index contributed by atoms with van der Waals surface area (Å²) in [4.78, 5) is 10.7. The number of para-hydroxylation sites is 4. The van der Waals surface area contributed by atoms with Crippen molar-refractivity contribution >= 4 is 49.1 Å². The Labute approximate surface area is 210 Å². The molecule has 4 aromatic carbocycles. The first-order valence-corrected chi connectivity index (χ1v) is 11.7. The summed E-state index contributed by atoms with van der Waals surface area (Å²) in [5, 5.41) is 0. The van der Waals surface area contributed by atoms with Crippen molar-refractivity contribution in [1.29, 1.82) is 0 Å². The molecule has 0 saturated heterocycles. The first-order valence-electron chi connectivity index (χ1n) is 10.8. The summed E-state index contributed by atoms with van der Waals surface area (Å²) in [7, 11) is 0. The summed E-state index contributed by atoms with van der Waals surface area (Å²) in [5.74, 6) is 1.48. The Balaban J connectivity index is 1.37. The van der Waals surface area contributed by atoms with Gasteiger partial charge in [0.2, 0.25) is 0 Å². The molecule has 34 heavy (non-hydrogen) atoms. The second-order valence-electron chi connectivity index (χ2n) is 7.27. The first-order chi connectivity index (χ1) is 16.7. The number of benzene rings is 4. The molecule has 0 aliphatic carbocycles. The molecule has 0 amide bonds. The SMILES string of the molecule is Sc1ccccc1N=Cc1ccccc1OCCOc1ccccc1C=Nc1ccccc1S. The summed E-state index contributed by atoms with van der Waals surface area (Å²) in [6.45, 7) is 0.776. The van der Waals surface area contributed by atoms with Gasteiger partial charge < -0.3 is 9.47 Å². The van der Waals surface area contributed by atoms with Crippen molar-refractivity contribution in [3.05, 3.63) is 108 Å². The quantitative estimate of drug-likeness (QED) is 0.150. The largest absolute Gasteiger partial charge is 0.489 e. The van der Waals surface area contributed by atoms with Gasteiger partial charge in [0, 0.05) is 33.3 Å². The highest BCUT2D eigenvalue weighted by Gasteiger charge is 2.04. The van der Waals surface area contributed by atoms with Gasteiger partial charge >= 0.3 is 0 Å². The molecular formula is C28H24N2O2S2. The zero-order chi connectivity index (χ0) is 23.6. The Bertz CT molecular complexity index is 1200. The van der Waals surface area contributed by atoms with Crippen molar-refractivity contribution in [1.82, 2.24) is 0 Å². The van der Waals surface area contributed by atoms with E-state index in [0.717, 1.165) is 43.8 Å². The summed E-state index contributed by atoms with van der Waals surface area (Å²) in [6, 6.07) is 31.0. The molecule has 170 valence electrons. The molecule has 0 aromatic heterocycles. The maximum absolute atomic E-state index is 5.98. The molecule has 0 aliphatic rings. The lowest BCUT2D eigenvalue weighted by Gasteiger charge is -2.11. The van der Waals surface area contributed by atoms with Gasteiger partial charge in [-0.05, 0) is 48.5 Å². The van der Waals surface area contributed by atoms with Gasteiger partial charge in [-0.1, -0.05) is 48.5 Å². The molecular weight excluding hydrogens is 460 g/mol. The van der Waals surface area contributed by atoms with Crippen LogP contribution in [0.3, 0.4) is 0 Å². The lowest BCUT2D eigenvalue weighted by atomic mass is 10.2. The van der Waals surface area contributed by atoms with E-state index in [1.165, 1.54) is 0 Å². The third kappa shape index (κ3) is 6.53. The number of ether oxygens (including phenoxy) is 2. The lowest BCUT2D eigenvalue weighted by Crippen LogP contribution is -2.10. The number of nitrogens with zero attached hydrogens (tertiary/aromatic N) is 2. The minimum Gasteiger partial charge on any atom is -0.489 e. The molecule has 0 fully saturated rings. The monoisotopic (exact) mass is 484 g/mol. The van der Waals surface area contributed by atoms with E-state index < -0.39 is 0 Å². The second kappa shape index (κ2) is 12.1. The maximum Gasteiger partial charge on any atom is 0.128 e. The highest BCUT2D eigenvalue weighted by atomic mass is 32.1. The Morgan fingerprint density at radius 3 is 1.35 bits per heavy atom. The molecule has 0 spiro atoms. The molecule has 6 heteroatoms. The van der Waals surface area contributed by atoms with Crippen LogP contribution in [0.15, 0.2) is 117 Å². The van der Waals surface area contributed by atoms with E-state index in [9.17, 15) is 0 Å². The Kier molecular flexibility index (Phi) is 8.43. The van der Waals surface area contributed by atoms with Gasteiger partial charge in [-0.25, -0.2) is 0 Å². The summed E-state index contributed by atoms with van der Waals surface area (Å²) < 4.78 is 12.0. The number of thiol groups is 2.